The number of aromatic nitrogens is 2. The first-order valence-electron chi connectivity index (χ1n) is 10.2. The minimum atomic E-state index is -3.69. The lowest BCUT2D eigenvalue weighted by Crippen LogP contribution is -2.37. The average Bonchev–Trinajstić information content (AvgIpc) is 3.23. The number of nitrogens with zero attached hydrogens (tertiary/aromatic N) is 3. The highest BCUT2D eigenvalue weighted by Gasteiger charge is 2.14. The molecular formula is C24H21Cl2N5O2S. The molecule has 0 unspecified atom stereocenters. The number of sulfonamides is 1. The van der Waals surface area contributed by atoms with Crippen LogP contribution in [0.1, 0.15) is 11.3 Å². The second kappa shape index (κ2) is 10.3. The van der Waals surface area contributed by atoms with Crippen LogP contribution in [0.25, 0.3) is 16.9 Å². The van der Waals surface area contributed by atoms with Crippen LogP contribution in [-0.2, 0) is 22.3 Å². The molecule has 0 fully saturated rings. The number of rotatable bonds is 7. The van der Waals surface area contributed by atoms with E-state index in [0.717, 1.165) is 16.9 Å². The topological polar surface area (TPSA) is 102 Å². The molecule has 34 heavy (non-hydrogen) atoms. The van der Waals surface area contributed by atoms with Crippen molar-refractivity contribution < 1.29 is 8.42 Å². The zero-order chi connectivity index (χ0) is 24.1. The maximum absolute atomic E-state index is 12.4. The molecule has 4 aromatic rings. The van der Waals surface area contributed by atoms with E-state index in [1.165, 1.54) is 0 Å². The summed E-state index contributed by atoms with van der Waals surface area (Å²) >= 11 is 12.1. The highest BCUT2D eigenvalue weighted by atomic mass is 35.5. The van der Waals surface area contributed by atoms with Crippen molar-refractivity contribution in [3.63, 3.8) is 0 Å². The van der Waals surface area contributed by atoms with Gasteiger partial charge in [-0.1, -0.05) is 65.7 Å². The molecule has 0 atom stereocenters. The lowest BCUT2D eigenvalue weighted by atomic mass is 10.1. The first-order valence-corrected chi connectivity index (χ1v) is 12.6. The van der Waals surface area contributed by atoms with E-state index in [2.05, 4.69) is 14.8 Å². The van der Waals surface area contributed by atoms with Gasteiger partial charge in [0.2, 0.25) is 16.0 Å². The van der Waals surface area contributed by atoms with Crippen LogP contribution in [0.3, 0.4) is 0 Å². The summed E-state index contributed by atoms with van der Waals surface area (Å²) in [6, 6.07) is 25.4. The van der Waals surface area contributed by atoms with E-state index in [9.17, 15) is 8.42 Å². The molecule has 0 spiro atoms. The van der Waals surface area contributed by atoms with Gasteiger partial charge in [-0.15, -0.1) is 0 Å². The molecule has 0 radical (unpaired) electrons. The van der Waals surface area contributed by atoms with Crippen molar-refractivity contribution in [2.75, 3.05) is 0 Å². The van der Waals surface area contributed by atoms with Gasteiger partial charge in [-0.05, 0) is 48.0 Å². The third-order valence-corrected chi connectivity index (χ3v) is 6.58. The second-order valence-corrected chi connectivity index (χ2v) is 10.1. The monoisotopic (exact) mass is 513 g/mol. The van der Waals surface area contributed by atoms with E-state index in [4.69, 9.17) is 28.9 Å². The van der Waals surface area contributed by atoms with E-state index in [1.807, 2.05) is 36.4 Å². The largest absolute Gasteiger partial charge is 0.369 e. The lowest BCUT2D eigenvalue weighted by molar-refractivity contribution is 0.591. The molecule has 0 aliphatic heterocycles. The summed E-state index contributed by atoms with van der Waals surface area (Å²) in [6.07, 6.45) is 0. The summed E-state index contributed by atoms with van der Waals surface area (Å²) in [5, 5.41) is 5.89. The lowest BCUT2D eigenvalue weighted by Gasteiger charge is -2.08. The predicted octanol–water partition coefficient (Wildman–Crippen LogP) is 4.78. The molecule has 0 saturated heterocycles. The fourth-order valence-corrected chi connectivity index (χ4v) is 4.64. The SMILES string of the molecule is NC(=NCc1cc(-c2ccc(Cl)cc2)n(-c2ccc(Cl)cc2)n1)NS(=O)(=O)Cc1ccccc1. The molecule has 4 rings (SSSR count). The van der Waals surface area contributed by atoms with E-state index in [0.29, 0.717) is 21.3 Å². The molecule has 10 heteroatoms. The highest BCUT2D eigenvalue weighted by molar-refractivity contribution is 7.89. The quantitative estimate of drug-likeness (QED) is 0.274. The predicted molar refractivity (Wildman–Crippen MR) is 137 cm³/mol. The first-order chi connectivity index (χ1) is 16.3. The number of aliphatic imine (C=N–C) groups is 1. The third-order valence-electron chi connectivity index (χ3n) is 4.84. The number of hydrogen-bond acceptors (Lipinski definition) is 4. The van der Waals surface area contributed by atoms with E-state index in [1.54, 1.807) is 53.2 Å². The summed E-state index contributed by atoms with van der Waals surface area (Å²) in [5.74, 6) is -0.402. The van der Waals surface area contributed by atoms with Crippen LogP contribution in [0.5, 0.6) is 0 Å². The van der Waals surface area contributed by atoms with Gasteiger partial charge in [0.25, 0.3) is 0 Å². The van der Waals surface area contributed by atoms with E-state index in [-0.39, 0.29) is 18.3 Å². The average molecular weight is 514 g/mol. The summed E-state index contributed by atoms with van der Waals surface area (Å²) < 4.78 is 28.9. The van der Waals surface area contributed by atoms with E-state index < -0.39 is 10.0 Å². The zero-order valence-corrected chi connectivity index (χ0v) is 20.2. The standard InChI is InChI=1S/C24H21Cl2N5O2S/c25-19-8-6-18(7-9-19)23-14-21(29-31(23)22-12-10-20(26)11-13-22)15-28-24(27)30-34(32,33)16-17-4-2-1-3-5-17/h1-14H,15-16H2,(H3,27,28,30). The molecular weight excluding hydrogens is 493 g/mol. The second-order valence-electron chi connectivity index (χ2n) is 7.46. The molecule has 0 aliphatic rings. The molecule has 1 heterocycles. The number of nitrogens with one attached hydrogen (secondary N) is 1. The molecule has 3 N–H and O–H groups in total. The minimum Gasteiger partial charge on any atom is -0.369 e. The summed E-state index contributed by atoms with van der Waals surface area (Å²) in [7, 11) is -3.69. The Balaban J connectivity index is 1.56. The molecule has 0 saturated carbocycles. The van der Waals surface area contributed by atoms with Crippen molar-refractivity contribution >= 4 is 39.2 Å². The molecule has 0 amide bonds. The van der Waals surface area contributed by atoms with Crippen LogP contribution >= 0.6 is 23.2 Å². The third kappa shape index (κ3) is 6.17. The smallest absolute Gasteiger partial charge is 0.239 e. The van der Waals surface area contributed by atoms with Crippen molar-refractivity contribution in [1.29, 1.82) is 0 Å². The van der Waals surface area contributed by atoms with Crippen LogP contribution in [-0.4, -0.2) is 24.2 Å². The normalized spacial score (nSPS) is 12.0. The van der Waals surface area contributed by atoms with Crippen LogP contribution in [0.4, 0.5) is 0 Å². The summed E-state index contributed by atoms with van der Waals surface area (Å²) in [6.45, 7) is 0.0842. The Morgan fingerprint density at radius 1 is 0.941 bits per heavy atom. The maximum Gasteiger partial charge on any atom is 0.239 e. The van der Waals surface area contributed by atoms with E-state index >= 15 is 0 Å². The Morgan fingerprint density at radius 2 is 1.56 bits per heavy atom. The minimum absolute atomic E-state index is 0.0842. The Morgan fingerprint density at radius 3 is 2.21 bits per heavy atom. The van der Waals surface area contributed by atoms with Gasteiger partial charge >= 0.3 is 0 Å². The molecule has 0 aliphatic carbocycles. The van der Waals surface area contributed by atoms with Gasteiger partial charge in [0.1, 0.15) is 0 Å². The van der Waals surface area contributed by atoms with Crippen LogP contribution in [0.2, 0.25) is 10.0 Å². The zero-order valence-electron chi connectivity index (χ0n) is 17.9. The Kier molecular flexibility index (Phi) is 7.21. The maximum atomic E-state index is 12.4. The van der Waals surface area contributed by atoms with Crippen molar-refractivity contribution in [3.8, 4) is 16.9 Å². The number of halogens is 2. The molecule has 3 aromatic carbocycles. The van der Waals surface area contributed by atoms with Gasteiger partial charge < -0.3 is 5.73 Å². The Bertz CT molecular complexity index is 1340. The van der Waals surface area contributed by atoms with Gasteiger partial charge in [0.05, 0.1) is 29.4 Å². The number of guanidine groups is 1. The highest BCUT2D eigenvalue weighted by Crippen LogP contribution is 2.26. The van der Waals surface area contributed by atoms with Crippen molar-refractivity contribution in [3.05, 3.63) is 106 Å². The van der Waals surface area contributed by atoms with Gasteiger partial charge in [-0.3, -0.25) is 4.72 Å². The van der Waals surface area contributed by atoms with Crippen LogP contribution in [0, 0.1) is 0 Å². The number of nitrogens with two attached hydrogens (primary N) is 1. The fraction of sp³-hybridized carbons (Fsp3) is 0.0833. The van der Waals surface area contributed by atoms with Gasteiger partial charge in [-0.25, -0.2) is 18.1 Å². The molecule has 0 bridgehead atoms. The number of hydrogen-bond donors (Lipinski definition) is 2. The van der Waals surface area contributed by atoms with Crippen molar-refractivity contribution in [1.82, 2.24) is 14.5 Å². The molecule has 174 valence electrons. The Hall–Kier alpha value is -3.33. The van der Waals surface area contributed by atoms with Crippen molar-refractivity contribution in [2.45, 2.75) is 12.3 Å². The Labute approximate surface area is 207 Å². The fourth-order valence-electron chi connectivity index (χ4n) is 3.30. The van der Waals surface area contributed by atoms with Crippen LogP contribution in [0.15, 0.2) is 89.9 Å². The molecule has 1 aromatic heterocycles. The summed E-state index contributed by atoms with van der Waals surface area (Å²) in [4.78, 5) is 4.18. The van der Waals surface area contributed by atoms with Gasteiger partial charge in [0.15, 0.2) is 0 Å². The number of benzene rings is 3. The van der Waals surface area contributed by atoms with Gasteiger partial charge in [0, 0.05) is 15.6 Å². The summed E-state index contributed by atoms with van der Waals surface area (Å²) in [5.41, 5.74) is 9.63. The molecule has 7 nitrogen and oxygen atoms in total. The van der Waals surface area contributed by atoms with Gasteiger partial charge in [-0.2, -0.15) is 5.10 Å². The van der Waals surface area contributed by atoms with Crippen molar-refractivity contribution in [2.24, 2.45) is 10.7 Å². The van der Waals surface area contributed by atoms with Crippen LogP contribution < -0.4 is 10.5 Å². The first kappa shape index (κ1) is 23.8.